The van der Waals surface area contributed by atoms with Gasteiger partial charge in [0, 0.05) is 62.8 Å². The van der Waals surface area contributed by atoms with E-state index < -0.39 is 7.12 Å². The van der Waals surface area contributed by atoms with Crippen LogP contribution in [0, 0.1) is 18.1 Å². The molecule has 11 aromatic carbocycles. The van der Waals surface area contributed by atoms with Gasteiger partial charge in [-0.25, -0.2) is 0 Å². The van der Waals surface area contributed by atoms with Crippen molar-refractivity contribution in [2.75, 3.05) is 5.73 Å². The fourth-order valence-electron chi connectivity index (χ4n) is 10.6. The van der Waals surface area contributed by atoms with Gasteiger partial charge in [0.1, 0.15) is 7.40 Å². The number of nitrogens with one attached hydrogen (secondary N) is 4. The topological polar surface area (TPSA) is 217 Å². The Hall–Kier alpha value is -9.63. The second-order valence-electron chi connectivity index (χ2n) is 23.5. The van der Waals surface area contributed by atoms with Crippen molar-refractivity contribution in [3.05, 3.63) is 348 Å². The lowest BCUT2D eigenvalue weighted by Gasteiger charge is -1.97. The summed E-state index contributed by atoms with van der Waals surface area (Å²) in [5.41, 5.74) is 22.8. The lowest BCUT2D eigenvalue weighted by molar-refractivity contribution is 0.424. The Bertz CT molecular complexity index is 5710. The van der Waals surface area contributed by atoms with Crippen molar-refractivity contribution in [2.45, 2.75) is 37.1 Å². The molecule has 0 saturated heterocycles. The molecular formula is C89H89BI5N13O2. The van der Waals surface area contributed by atoms with E-state index >= 15 is 0 Å². The highest BCUT2D eigenvalue weighted by molar-refractivity contribution is 14.1. The summed E-state index contributed by atoms with van der Waals surface area (Å²) < 4.78 is 9.77. The maximum absolute atomic E-state index is 8.48. The molecule has 17 aromatic rings. The van der Waals surface area contributed by atoms with Crippen LogP contribution in [-0.2, 0) is 14.1 Å². The van der Waals surface area contributed by atoms with Crippen LogP contribution in [0.1, 0.15) is 87.5 Å². The highest BCUT2D eigenvalue weighted by Gasteiger charge is 2.09. The Morgan fingerprint density at radius 3 is 1.32 bits per heavy atom. The number of nitrogen functional groups attached to an aromatic ring is 1. The number of rotatable bonds is 10. The summed E-state index contributed by atoms with van der Waals surface area (Å²) in [5, 5.41) is 61.0. The number of nitrogens with zero attached hydrogens (tertiary/aromatic N) is 8. The van der Waals surface area contributed by atoms with Gasteiger partial charge in [0.05, 0.1) is 56.9 Å². The van der Waals surface area contributed by atoms with Crippen molar-refractivity contribution in [3.8, 4) is 0 Å². The third-order valence-electron chi connectivity index (χ3n) is 15.9. The number of H-pyrrole nitrogens is 4. The SMILES string of the molecule is C.C.C.C.C.C(=C\c1ccc2n[nH]c(/C=C/c3ccccc3)c2c1)/c1ccccc1.Cn1nc(/C=C/c2ccccc2)c2cc(/C=C/c3ccccc3)ccc21.Cn1nc(I)c2cc(I)ccc21.Ic1ccc2[nH]ncc2c1.Ic1ccc2n[nH]c(I)c2c1.Nc1ccc2[nH]ncc2c1.OB(O)/C=C/c1ccccc1. The van der Waals surface area contributed by atoms with Crippen LogP contribution in [-0.4, -0.2) is 77.5 Å². The van der Waals surface area contributed by atoms with Crippen molar-refractivity contribution in [2.24, 2.45) is 14.1 Å². The van der Waals surface area contributed by atoms with Crippen LogP contribution in [0.3, 0.4) is 0 Å². The van der Waals surface area contributed by atoms with E-state index in [-0.39, 0.29) is 37.1 Å². The van der Waals surface area contributed by atoms with E-state index in [0.717, 1.165) is 79.3 Å². The first-order valence-electron chi connectivity index (χ1n) is 33.0. The molecule has 0 amide bonds. The maximum atomic E-state index is 8.48. The average Bonchev–Trinajstić information content (AvgIpc) is 1.65. The molecule has 0 unspecified atom stereocenters. The van der Waals surface area contributed by atoms with E-state index in [1.165, 1.54) is 66.2 Å². The van der Waals surface area contributed by atoms with E-state index in [4.69, 9.17) is 15.8 Å². The molecule has 0 radical (unpaired) electrons. The summed E-state index contributed by atoms with van der Waals surface area (Å²) in [6.45, 7) is 0. The zero-order chi connectivity index (χ0) is 73.3. The molecule has 0 fully saturated rings. The van der Waals surface area contributed by atoms with Crippen molar-refractivity contribution >= 4 is 246 Å². The van der Waals surface area contributed by atoms with Crippen LogP contribution in [0.5, 0.6) is 0 Å². The average molecular weight is 2020 g/mol. The Balaban J connectivity index is 0.000000207. The highest BCUT2D eigenvalue weighted by atomic mass is 127. The first-order valence-corrected chi connectivity index (χ1v) is 38.3. The fourth-order valence-corrected chi connectivity index (χ4v) is 13.4. The van der Waals surface area contributed by atoms with Crippen LogP contribution in [0.25, 0.3) is 120 Å². The van der Waals surface area contributed by atoms with E-state index in [9.17, 15) is 0 Å². The van der Waals surface area contributed by atoms with Gasteiger partial charge in [-0.05, 0) is 261 Å². The standard InChI is InChI=1S/C24H20N2.C23H18N2.C8H9BO2.C8H6I2N2.C7H4I2N2.C7H5IN2.C7H7N3.5CH4/c1-26-24-17-15-21(13-12-19-8-4-2-5-9-19)18-22(24)23(25-26)16-14-20-10-6-3-7-11-20;1-3-7-18(8-4-1)11-12-20-14-16-23-21(17-20)22(24-25-23)15-13-19-9-5-2-6-10-19;10-9(11)7-6-8-4-2-1-3-5-8;1-12-7-3-2-5(9)4-6(7)8(10)11-12;8-4-1-2-6-5(3-4)7(9)11-10-6;2*8-6-1-2-7-5(3-6)4-9-10-7;;;;;/h2-18H,1H3;1-17H,(H,24,25);1-7,10-11H;2-4H,1H3;1-3H,(H,10,11);1-4H,(H,9,10);1-4H,8H2,(H,9,10);5*1H4/b13-12+,16-14+;12-11+,15-13+;7-6+;;;;;;;;;. The maximum Gasteiger partial charge on any atom is 0.480 e. The summed E-state index contributed by atoms with van der Waals surface area (Å²) in [4.78, 5) is 0. The van der Waals surface area contributed by atoms with Crippen LogP contribution in [0.4, 0.5) is 5.69 Å². The predicted molar refractivity (Wildman–Crippen MR) is 515 cm³/mol. The zero-order valence-corrected chi connectivity index (χ0v) is 67.6. The third kappa shape index (κ3) is 26.6. The molecule has 17 rings (SSSR count). The van der Waals surface area contributed by atoms with Crippen molar-refractivity contribution in [1.82, 2.24) is 60.4 Å². The van der Waals surface area contributed by atoms with Gasteiger partial charge in [0.25, 0.3) is 0 Å². The molecular weight excluding hydrogens is 1930 g/mol. The minimum Gasteiger partial charge on any atom is -0.424 e. The number of benzene rings is 11. The summed E-state index contributed by atoms with van der Waals surface area (Å²) >= 11 is 11.4. The quantitative estimate of drug-likeness (QED) is 0.0299. The lowest BCUT2D eigenvalue weighted by Crippen LogP contribution is -2.05. The Morgan fingerprint density at radius 1 is 0.364 bits per heavy atom. The van der Waals surface area contributed by atoms with Gasteiger partial charge in [0.2, 0.25) is 0 Å². The second-order valence-corrected chi connectivity index (χ2v) is 29.3. The first kappa shape index (κ1) is 89.3. The number of fused-ring (bicyclic) bond motifs is 6. The molecule has 0 aliphatic heterocycles. The van der Waals surface area contributed by atoms with Crippen LogP contribution < -0.4 is 5.73 Å². The van der Waals surface area contributed by atoms with Gasteiger partial charge in [-0.2, -0.15) is 30.6 Å². The normalized spacial score (nSPS) is 10.6. The van der Waals surface area contributed by atoms with E-state index in [1.807, 2.05) is 151 Å². The number of aromatic amines is 4. The second kappa shape index (κ2) is 45.5. The molecule has 0 bridgehead atoms. The van der Waals surface area contributed by atoms with Gasteiger partial charge in [-0.3, -0.25) is 29.8 Å². The van der Waals surface area contributed by atoms with Gasteiger partial charge in [-0.15, -0.1) is 0 Å². The highest BCUT2D eigenvalue weighted by Crippen LogP contribution is 2.26. The molecule has 0 spiro atoms. The third-order valence-corrected chi connectivity index (χ3v) is 19.5. The number of nitrogens with two attached hydrogens (primary N) is 1. The Morgan fingerprint density at radius 2 is 0.764 bits per heavy atom. The van der Waals surface area contributed by atoms with E-state index in [2.05, 4.69) is 352 Å². The number of hydrogen-bond donors (Lipinski definition) is 7. The van der Waals surface area contributed by atoms with Gasteiger partial charge in [-0.1, -0.05) is 249 Å². The summed E-state index contributed by atoms with van der Waals surface area (Å²) in [6.07, 6.45) is 22.1. The molecule has 15 nitrogen and oxygen atoms in total. The minimum absolute atomic E-state index is 0. The van der Waals surface area contributed by atoms with Gasteiger partial charge in [0.15, 0.2) is 0 Å². The smallest absolute Gasteiger partial charge is 0.424 e. The summed E-state index contributed by atoms with van der Waals surface area (Å²) in [6, 6.07) is 87.9. The summed E-state index contributed by atoms with van der Waals surface area (Å²) in [5.74, 6) is 1.31. The molecule has 110 heavy (non-hydrogen) atoms. The molecule has 0 atom stereocenters. The van der Waals surface area contributed by atoms with Crippen LogP contribution in [0.2, 0.25) is 0 Å². The Labute approximate surface area is 713 Å². The summed E-state index contributed by atoms with van der Waals surface area (Å²) in [7, 11) is 2.59. The molecule has 6 aromatic heterocycles. The number of anilines is 1. The molecule has 8 N–H and O–H groups in total. The number of halogens is 5. The molecule has 0 aliphatic carbocycles. The molecule has 21 heteroatoms. The van der Waals surface area contributed by atoms with Gasteiger partial charge < -0.3 is 15.8 Å². The number of hydrogen-bond acceptors (Lipinski definition) is 9. The number of aromatic nitrogens is 12. The van der Waals surface area contributed by atoms with E-state index in [1.54, 1.807) is 12.3 Å². The molecule has 0 saturated carbocycles. The van der Waals surface area contributed by atoms with Crippen molar-refractivity contribution < 1.29 is 10.0 Å². The van der Waals surface area contributed by atoms with E-state index in [0.29, 0.717) is 0 Å². The van der Waals surface area contributed by atoms with Gasteiger partial charge >= 0.3 is 7.12 Å². The monoisotopic (exact) mass is 2020 g/mol. The van der Waals surface area contributed by atoms with Crippen LogP contribution >= 0.6 is 113 Å². The molecule has 6 heterocycles. The molecule has 560 valence electrons. The fraction of sp³-hybridized carbons (Fsp3) is 0.0787. The minimum atomic E-state index is -1.37. The van der Waals surface area contributed by atoms with Crippen molar-refractivity contribution in [3.63, 3.8) is 0 Å². The van der Waals surface area contributed by atoms with Crippen molar-refractivity contribution in [1.29, 1.82) is 0 Å². The lowest BCUT2D eigenvalue weighted by atomic mass is 9.91. The number of aryl methyl sites for hydroxylation is 2. The largest absolute Gasteiger partial charge is 0.480 e. The predicted octanol–water partition coefficient (Wildman–Crippen LogP) is 24.6. The zero-order valence-electron chi connectivity index (χ0n) is 56.8. The van der Waals surface area contributed by atoms with Crippen LogP contribution in [0.15, 0.2) is 279 Å². The molecule has 0 aliphatic rings. The first-order chi connectivity index (χ1) is 51.1. The Kier molecular flexibility index (Phi) is 36.9.